The first kappa shape index (κ1) is 51.6. The molecule has 15 atom stereocenters. The fourth-order valence-corrected chi connectivity index (χ4v) is 9.78. The summed E-state index contributed by atoms with van der Waals surface area (Å²) < 4.78 is 23.6. The average molecular weight is 872 g/mol. The van der Waals surface area contributed by atoms with Gasteiger partial charge in [0.25, 0.3) is 0 Å². The van der Waals surface area contributed by atoms with E-state index < -0.39 is 72.2 Å². The molecule has 2 saturated heterocycles. The maximum Gasteiger partial charge on any atom is 0.329 e. The number of hydrogen-bond acceptors (Lipinski definition) is 12. The molecule has 2 bridgehead atoms. The standard InChI is InChI=1S/C49H77NO12/c1-29-14-11-10-12-15-30(2)40(52)26-37-19-17-35(7)49(58,62-37)28-44(54)50-21-13-16-38(50)48(57)61-42(32(4)24-36-18-20-39(51)43(25-36)59-8)27-41(53)31(3)23-34(6)46(56)47(60-9)45(55)33(5)22-29/h10-12,14-15,23,29,31-33,35-40,42-43,46-47,51-52,56,58H,13,16-22,24-28H2,1-9H3/b12-10+,14-11-,30-15+,34-23-/t29-,31-,32-,33-,35-,36?,37+,38+,39+,40+,42+,43+,46-,47+,49+/m1/s1. The second kappa shape index (κ2) is 23.8. The SMILES string of the molecule is CO[C@H]1CC(C[C@@H](C)[C@@H]2CC(=O)[C@H](C)/C=C(/C)[C@@H](O)[C@@H](OC)C(=O)[C@H](C)C[C@H](C)\C=C/C=C/C=C(\C)[C@@H](O)C[C@@H]3CC[C@@H](C)[C@](O)(CC(=O)N4CCC[C@H]4C(=O)O2)O3)CC[C@@H]1O. The van der Waals surface area contributed by atoms with Gasteiger partial charge in [0.1, 0.15) is 30.1 Å². The van der Waals surface area contributed by atoms with Crippen LogP contribution < -0.4 is 0 Å². The van der Waals surface area contributed by atoms with Crippen molar-refractivity contribution in [1.82, 2.24) is 4.90 Å². The summed E-state index contributed by atoms with van der Waals surface area (Å²) in [5.41, 5.74) is 1.12. The minimum Gasteiger partial charge on any atom is -0.460 e. The first-order valence-electron chi connectivity index (χ1n) is 23.0. The molecular formula is C49H77NO12. The van der Waals surface area contributed by atoms with Crippen LogP contribution in [0.4, 0.5) is 0 Å². The van der Waals surface area contributed by atoms with Gasteiger partial charge in [-0.15, -0.1) is 0 Å². The van der Waals surface area contributed by atoms with Crippen molar-refractivity contribution in [2.45, 2.75) is 180 Å². The van der Waals surface area contributed by atoms with Gasteiger partial charge in [-0.3, -0.25) is 14.4 Å². The van der Waals surface area contributed by atoms with Gasteiger partial charge in [-0.25, -0.2) is 4.79 Å². The van der Waals surface area contributed by atoms with E-state index in [1.807, 2.05) is 65.0 Å². The Morgan fingerprint density at radius 1 is 0.887 bits per heavy atom. The third kappa shape index (κ3) is 14.0. The number of fused-ring (bicyclic) bond motifs is 3. The quantitative estimate of drug-likeness (QED) is 0.188. The van der Waals surface area contributed by atoms with Crippen LogP contribution in [0.15, 0.2) is 47.6 Å². The fourth-order valence-electron chi connectivity index (χ4n) is 9.78. The van der Waals surface area contributed by atoms with E-state index in [0.29, 0.717) is 69.1 Å². The van der Waals surface area contributed by atoms with Crippen LogP contribution in [-0.4, -0.2) is 124 Å². The highest BCUT2D eigenvalue weighted by Crippen LogP contribution is 2.38. The van der Waals surface area contributed by atoms with E-state index in [2.05, 4.69) is 0 Å². The molecular weight excluding hydrogens is 795 g/mol. The molecule has 1 saturated carbocycles. The minimum absolute atomic E-state index is 0.0256. The molecule has 13 heteroatoms. The second-order valence-corrected chi connectivity index (χ2v) is 19.1. The van der Waals surface area contributed by atoms with Gasteiger partial charge in [0, 0.05) is 51.4 Å². The number of ether oxygens (including phenoxy) is 4. The summed E-state index contributed by atoms with van der Waals surface area (Å²) in [7, 11) is 2.96. The number of aliphatic hydroxyl groups excluding tert-OH is 3. The van der Waals surface area contributed by atoms with E-state index in [9.17, 15) is 39.6 Å². The lowest BCUT2D eigenvalue weighted by molar-refractivity contribution is -0.283. The number of amides is 1. The van der Waals surface area contributed by atoms with Crippen LogP contribution in [0.2, 0.25) is 0 Å². The number of rotatable bonds is 5. The Balaban J connectivity index is 1.64. The molecule has 0 aromatic rings. The van der Waals surface area contributed by atoms with Crippen molar-refractivity contribution in [2.75, 3.05) is 20.8 Å². The van der Waals surface area contributed by atoms with Gasteiger partial charge in [-0.2, -0.15) is 0 Å². The third-order valence-electron chi connectivity index (χ3n) is 14.0. The molecule has 62 heavy (non-hydrogen) atoms. The zero-order chi connectivity index (χ0) is 45.9. The van der Waals surface area contributed by atoms with Crippen LogP contribution in [0.1, 0.15) is 126 Å². The monoisotopic (exact) mass is 872 g/mol. The molecule has 3 aliphatic heterocycles. The average Bonchev–Trinajstić information content (AvgIpc) is 3.73. The van der Waals surface area contributed by atoms with Gasteiger partial charge in [0.05, 0.1) is 30.8 Å². The highest BCUT2D eigenvalue weighted by Gasteiger charge is 2.47. The Bertz CT molecular complexity index is 1640. The minimum atomic E-state index is -1.80. The molecule has 0 spiro atoms. The maximum absolute atomic E-state index is 14.2. The van der Waals surface area contributed by atoms with Crippen LogP contribution in [0.25, 0.3) is 0 Å². The number of Topliss-reactive ketones (excluding diaryl/α,β-unsaturated/α-hetero) is 2. The number of esters is 1. The number of allylic oxidation sites excluding steroid dienone is 6. The van der Waals surface area contributed by atoms with E-state index in [-0.39, 0.29) is 60.6 Å². The van der Waals surface area contributed by atoms with Crippen molar-refractivity contribution in [2.24, 2.45) is 35.5 Å². The maximum atomic E-state index is 14.2. The Morgan fingerprint density at radius 2 is 1.61 bits per heavy atom. The lowest BCUT2D eigenvalue weighted by atomic mass is 9.78. The lowest BCUT2D eigenvalue weighted by Crippen LogP contribution is -2.52. The van der Waals surface area contributed by atoms with Gasteiger partial charge < -0.3 is 44.3 Å². The molecule has 3 fully saturated rings. The molecule has 350 valence electrons. The van der Waals surface area contributed by atoms with E-state index >= 15 is 0 Å². The summed E-state index contributed by atoms with van der Waals surface area (Å²) in [6.07, 6.45) is 10.4. The second-order valence-electron chi connectivity index (χ2n) is 19.1. The zero-order valence-electron chi connectivity index (χ0n) is 38.7. The molecule has 13 nitrogen and oxygen atoms in total. The number of aliphatic hydroxyl groups is 4. The molecule has 1 unspecified atom stereocenters. The van der Waals surface area contributed by atoms with Gasteiger partial charge >= 0.3 is 5.97 Å². The van der Waals surface area contributed by atoms with Crippen molar-refractivity contribution < 1.29 is 58.6 Å². The van der Waals surface area contributed by atoms with E-state index in [1.54, 1.807) is 27.0 Å². The summed E-state index contributed by atoms with van der Waals surface area (Å²) in [6.45, 7) is 13.1. The van der Waals surface area contributed by atoms with Gasteiger partial charge in [0.2, 0.25) is 5.91 Å². The summed E-state index contributed by atoms with van der Waals surface area (Å²) in [5.74, 6) is -4.92. The van der Waals surface area contributed by atoms with Crippen molar-refractivity contribution in [1.29, 1.82) is 0 Å². The molecule has 1 aliphatic carbocycles. The Labute approximate surface area is 370 Å². The van der Waals surface area contributed by atoms with E-state index in [4.69, 9.17) is 18.9 Å². The van der Waals surface area contributed by atoms with Crippen LogP contribution in [-0.2, 0) is 38.1 Å². The van der Waals surface area contributed by atoms with Crippen LogP contribution in [0.5, 0.6) is 0 Å². The predicted octanol–water partition coefficient (Wildman–Crippen LogP) is 5.96. The molecule has 0 radical (unpaired) electrons. The molecule has 1 amide bonds. The summed E-state index contributed by atoms with van der Waals surface area (Å²) >= 11 is 0. The highest BCUT2D eigenvalue weighted by atomic mass is 16.6. The van der Waals surface area contributed by atoms with Crippen molar-refractivity contribution in [3.8, 4) is 0 Å². The number of carbonyl (C=O) groups excluding carboxylic acids is 4. The Hall–Kier alpha value is -3.04. The number of cyclic esters (lactones) is 1. The van der Waals surface area contributed by atoms with E-state index in [1.165, 1.54) is 12.0 Å². The molecule has 0 aromatic heterocycles. The van der Waals surface area contributed by atoms with Crippen LogP contribution in [0.3, 0.4) is 0 Å². The summed E-state index contributed by atoms with van der Waals surface area (Å²) in [4.78, 5) is 57.3. The summed E-state index contributed by atoms with van der Waals surface area (Å²) in [5, 5.41) is 44.7. The Kier molecular flexibility index (Phi) is 19.8. The predicted molar refractivity (Wildman–Crippen MR) is 235 cm³/mol. The Morgan fingerprint density at radius 3 is 2.31 bits per heavy atom. The molecule has 0 aromatic carbocycles. The number of methoxy groups -OCH3 is 2. The summed E-state index contributed by atoms with van der Waals surface area (Å²) in [6, 6.07) is -0.912. The number of nitrogens with zero attached hydrogens (tertiary/aromatic N) is 1. The molecule has 3 heterocycles. The normalized spacial score (nSPS) is 41.6. The first-order valence-corrected chi connectivity index (χ1v) is 23.0. The first-order chi connectivity index (χ1) is 29.3. The third-order valence-corrected chi connectivity index (χ3v) is 14.0. The number of ketones is 2. The number of hydrogen-bond donors (Lipinski definition) is 4. The van der Waals surface area contributed by atoms with Gasteiger partial charge in [-0.1, -0.05) is 71.1 Å². The highest BCUT2D eigenvalue weighted by molar-refractivity contribution is 5.87. The largest absolute Gasteiger partial charge is 0.460 e. The molecule has 4 aliphatic rings. The van der Waals surface area contributed by atoms with Gasteiger partial charge in [-0.05, 0) is 101 Å². The number of carbonyl (C=O) groups is 4. The molecule has 4 rings (SSSR count). The van der Waals surface area contributed by atoms with Crippen molar-refractivity contribution in [3.05, 3.63) is 47.6 Å². The van der Waals surface area contributed by atoms with Crippen molar-refractivity contribution in [3.63, 3.8) is 0 Å². The van der Waals surface area contributed by atoms with E-state index in [0.717, 1.165) is 6.42 Å². The smallest absolute Gasteiger partial charge is 0.329 e. The van der Waals surface area contributed by atoms with Crippen molar-refractivity contribution >= 4 is 23.4 Å². The van der Waals surface area contributed by atoms with Gasteiger partial charge in [0.15, 0.2) is 11.6 Å². The van der Waals surface area contributed by atoms with Crippen LogP contribution in [0, 0.1) is 35.5 Å². The lowest BCUT2D eigenvalue weighted by Gasteiger charge is -2.43. The zero-order valence-corrected chi connectivity index (χ0v) is 38.7. The topological polar surface area (TPSA) is 189 Å². The molecule has 4 N–H and O–H groups in total. The van der Waals surface area contributed by atoms with Crippen LogP contribution >= 0.6 is 0 Å². The fraction of sp³-hybridized carbons (Fsp3) is 0.755.